The second-order valence-electron chi connectivity index (χ2n) is 6.56. The average molecular weight is 333 g/mol. The second kappa shape index (κ2) is 8.15. The fourth-order valence-corrected chi connectivity index (χ4v) is 3.04. The Balaban J connectivity index is 1.91. The van der Waals surface area contributed by atoms with Gasteiger partial charge in [0, 0.05) is 19.1 Å². The first-order chi connectivity index (χ1) is 11.4. The van der Waals surface area contributed by atoms with Crippen molar-refractivity contribution in [2.24, 2.45) is 5.73 Å². The molecule has 1 heterocycles. The van der Waals surface area contributed by atoms with E-state index in [1.807, 2.05) is 44.2 Å². The van der Waals surface area contributed by atoms with Crippen molar-refractivity contribution in [3.63, 3.8) is 0 Å². The third-order valence-electron chi connectivity index (χ3n) is 4.22. The van der Waals surface area contributed by atoms with Gasteiger partial charge in [0.15, 0.2) is 0 Å². The van der Waals surface area contributed by atoms with Gasteiger partial charge in [-0.1, -0.05) is 30.3 Å². The van der Waals surface area contributed by atoms with Crippen molar-refractivity contribution in [3.05, 3.63) is 35.9 Å². The lowest BCUT2D eigenvalue weighted by Gasteiger charge is -2.34. The Morgan fingerprint density at radius 3 is 2.54 bits per heavy atom. The van der Waals surface area contributed by atoms with Gasteiger partial charge in [-0.15, -0.1) is 0 Å². The minimum absolute atomic E-state index is 0.00669. The van der Waals surface area contributed by atoms with Gasteiger partial charge in [0.1, 0.15) is 6.61 Å². The zero-order valence-electron chi connectivity index (χ0n) is 14.6. The fraction of sp³-hybridized carbons (Fsp3) is 0.556. The van der Waals surface area contributed by atoms with Crippen LogP contribution in [0.15, 0.2) is 30.3 Å². The molecule has 0 saturated carbocycles. The smallest absolute Gasteiger partial charge is 0.410 e. The standard InChI is InChI=1S/C18H27N3O3/c1-13(2)21(17(22)14(3)19)16-9-10-20(11-16)18(23)24-12-15-7-5-4-6-8-15/h4-8,13-14,16H,9-12,19H2,1-3H3/t14-,16?/m0/s1. The molecule has 24 heavy (non-hydrogen) atoms. The van der Waals surface area contributed by atoms with Crippen molar-refractivity contribution in [3.8, 4) is 0 Å². The number of nitrogens with two attached hydrogens (primary N) is 1. The maximum atomic E-state index is 12.3. The SMILES string of the molecule is CC(C)N(C(=O)[C@H](C)N)C1CCN(C(=O)OCc2ccccc2)C1. The van der Waals surface area contributed by atoms with E-state index in [0.717, 1.165) is 12.0 Å². The molecule has 2 N–H and O–H groups in total. The van der Waals surface area contributed by atoms with Gasteiger partial charge in [0.05, 0.1) is 12.1 Å². The van der Waals surface area contributed by atoms with E-state index in [1.165, 1.54) is 0 Å². The first kappa shape index (κ1) is 18.3. The van der Waals surface area contributed by atoms with Crippen LogP contribution in [0.2, 0.25) is 0 Å². The first-order valence-corrected chi connectivity index (χ1v) is 8.43. The van der Waals surface area contributed by atoms with Crippen molar-refractivity contribution < 1.29 is 14.3 Å². The second-order valence-corrected chi connectivity index (χ2v) is 6.56. The van der Waals surface area contributed by atoms with Gasteiger partial charge < -0.3 is 20.3 Å². The summed E-state index contributed by atoms with van der Waals surface area (Å²) in [5.41, 5.74) is 6.71. The molecule has 1 aromatic rings. The van der Waals surface area contributed by atoms with Crippen LogP contribution in [0.1, 0.15) is 32.8 Å². The van der Waals surface area contributed by atoms with Crippen LogP contribution in [-0.2, 0) is 16.1 Å². The molecule has 1 aromatic carbocycles. The molecule has 2 atom stereocenters. The summed E-state index contributed by atoms with van der Waals surface area (Å²) in [5, 5.41) is 0. The molecule has 0 spiro atoms. The highest BCUT2D eigenvalue weighted by atomic mass is 16.6. The molecule has 0 aliphatic carbocycles. The predicted molar refractivity (Wildman–Crippen MR) is 92.2 cm³/mol. The molecule has 1 fully saturated rings. The minimum atomic E-state index is -0.536. The molecule has 1 aliphatic rings. The predicted octanol–water partition coefficient (Wildman–Crippen LogP) is 1.98. The summed E-state index contributed by atoms with van der Waals surface area (Å²) >= 11 is 0. The molecule has 1 unspecified atom stereocenters. The highest BCUT2D eigenvalue weighted by Gasteiger charge is 2.35. The number of hydrogen-bond acceptors (Lipinski definition) is 4. The Kier molecular flexibility index (Phi) is 6.20. The van der Waals surface area contributed by atoms with Gasteiger partial charge in [-0.3, -0.25) is 4.79 Å². The van der Waals surface area contributed by atoms with Crippen LogP contribution < -0.4 is 5.73 Å². The first-order valence-electron chi connectivity index (χ1n) is 8.43. The monoisotopic (exact) mass is 333 g/mol. The normalized spacial score (nSPS) is 18.5. The number of rotatable bonds is 5. The summed E-state index contributed by atoms with van der Waals surface area (Å²) in [6.07, 6.45) is 0.412. The van der Waals surface area contributed by atoms with Gasteiger partial charge in [-0.2, -0.15) is 0 Å². The third kappa shape index (κ3) is 4.47. The maximum Gasteiger partial charge on any atom is 0.410 e. The van der Waals surface area contributed by atoms with Gasteiger partial charge >= 0.3 is 6.09 Å². The van der Waals surface area contributed by atoms with Crippen LogP contribution in [0.3, 0.4) is 0 Å². The zero-order chi connectivity index (χ0) is 17.7. The molecule has 2 rings (SSSR count). The summed E-state index contributed by atoms with van der Waals surface area (Å²) in [6, 6.07) is 9.09. The number of carbonyl (C=O) groups excluding carboxylic acids is 2. The molecule has 6 nitrogen and oxygen atoms in total. The van der Waals surface area contributed by atoms with E-state index in [4.69, 9.17) is 10.5 Å². The largest absolute Gasteiger partial charge is 0.445 e. The summed E-state index contributed by atoms with van der Waals surface area (Å²) < 4.78 is 5.37. The number of carbonyl (C=O) groups is 2. The summed E-state index contributed by atoms with van der Waals surface area (Å²) in [5.74, 6) is -0.0745. The van der Waals surface area contributed by atoms with E-state index in [-0.39, 0.29) is 30.7 Å². The van der Waals surface area contributed by atoms with Crippen LogP contribution in [0.5, 0.6) is 0 Å². The lowest BCUT2D eigenvalue weighted by molar-refractivity contribution is -0.136. The number of amides is 2. The quantitative estimate of drug-likeness (QED) is 0.894. The molecule has 1 saturated heterocycles. The van der Waals surface area contributed by atoms with E-state index in [0.29, 0.717) is 13.1 Å². The molecule has 0 aromatic heterocycles. The Hall–Kier alpha value is -2.08. The van der Waals surface area contributed by atoms with Crippen molar-refractivity contribution in [2.75, 3.05) is 13.1 Å². The van der Waals surface area contributed by atoms with E-state index in [2.05, 4.69) is 0 Å². The zero-order valence-corrected chi connectivity index (χ0v) is 14.6. The fourth-order valence-electron chi connectivity index (χ4n) is 3.04. The molecule has 132 valence electrons. The van der Waals surface area contributed by atoms with E-state index < -0.39 is 6.04 Å². The Labute approximate surface area is 143 Å². The number of likely N-dealkylation sites (tertiary alicyclic amines) is 1. The number of ether oxygens (including phenoxy) is 1. The summed E-state index contributed by atoms with van der Waals surface area (Å²) in [6.45, 7) is 6.97. The Morgan fingerprint density at radius 1 is 1.29 bits per heavy atom. The number of hydrogen-bond donors (Lipinski definition) is 1. The summed E-state index contributed by atoms with van der Waals surface area (Å²) in [4.78, 5) is 28.0. The molecule has 1 aliphatic heterocycles. The lowest BCUT2D eigenvalue weighted by atomic mass is 10.1. The van der Waals surface area contributed by atoms with Gasteiger partial charge in [-0.05, 0) is 32.8 Å². The van der Waals surface area contributed by atoms with Gasteiger partial charge in [0.25, 0.3) is 0 Å². The Bertz CT molecular complexity index is 560. The van der Waals surface area contributed by atoms with E-state index in [9.17, 15) is 9.59 Å². The molecule has 6 heteroatoms. The van der Waals surface area contributed by atoms with Crippen molar-refractivity contribution in [1.82, 2.24) is 9.80 Å². The lowest BCUT2D eigenvalue weighted by Crippen LogP contribution is -2.52. The highest BCUT2D eigenvalue weighted by Crippen LogP contribution is 2.20. The van der Waals surface area contributed by atoms with E-state index >= 15 is 0 Å². The van der Waals surface area contributed by atoms with Crippen LogP contribution in [0.4, 0.5) is 4.79 Å². The Morgan fingerprint density at radius 2 is 1.96 bits per heavy atom. The van der Waals surface area contributed by atoms with Crippen molar-refractivity contribution in [1.29, 1.82) is 0 Å². The van der Waals surface area contributed by atoms with Crippen LogP contribution in [0, 0.1) is 0 Å². The van der Waals surface area contributed by atoms with Gasteiger partial charge in [-0.25, -0.2) is 4.79 Å². The van der Waals surface area contributed by atoms with Crippen LogP contribution in [0.25, 0.3) is 0 Å². The van der Waals surface area contributed by atoms with Crippen molar-refractivity contribution in [2.45, 2.75) is 51.9 Å². The number of nitrogens with zero attached hydrogens (tertiary/aromatic N) is 2. The maximum absolute atomic E-state index is 12.3. The molecular weight excluding hydrogens is 306 g/mol. The third-order valence-corrected chi connectivity index (χ3v) is 4.22. The van der Waals surface area contributed by atoms with Gasteiger partial charge in [0.2, 0.25) is 5.91 Å². The average Bonchev–Trinajstić information content (AvgIpc) is 3.02. The minimum Gasteiger partial charge on any atom is -0.445 e. The topological polar surface area (TPSA) is 75.9 Å². The molecule has 0 radical (unpaired) electrons. The van der Waals surface area contributed by atoms with Crippen molar-refractivity contribution >= 4 is 12.0 Å². The highest BCUT2D eigenvalue weighted by molar-refractivity contribution is 5.82. The van der Waals surface area contributed by atoms with Crippen LogP contribution >= 0.6 is 0 Å². The number of benzene rings is 1. The van der Waals surface area contributed by atoms with E-state index in [1.54, 1.807) is 16.7 Å². The summed E-state index contributed by atoms with van der Waals surface area (Å²) in [7, 11) is 0. The molecule has 2 amide bonds. The molecule has 0 bridgehead atoms. The molecular formula is C18H27N3O3. The van der Waals surface area contributed by atoms with Crippen LogP contribution in [-0.4, -0.2) is 53.0 Å².